The average molecular weight is 308 g/mol. The molecule has 0 aliphatic heterocycles. The maximum absolute atomic E-state index is 11.6. The molecule has 6 nitrogen and oxygen atoms in total. The van der Waals surface area contributed by atoms with E-state index in [-0.39, 0.29) is 5.91 Å². The normalized spacial score (nSPS) is 9.91. The maximum atomic E-state index is 11.6. The number of carbonyl (C=O) groups excluding carboxylic acids is 2. The molecular weight excluding hydrogens is 284 g/mol. The zero-order chi connectivity index (χ0) is 16.2. The van der Waals surface area contributed by atoms with Crippen LogP contribution < -0.4 is 15.4 Å². The van der Waals surface area contributed by atoms with Crippen LogP contribution in [0.2, 0.25) is 0 Å². The van der Waals surface area contributed by atoms with E-state index in [9.17, 15) is 9.59 Å². The van der Waals surface area contributed by atoms with Crippen LogP contribution in [0.4, 0.5) is 4.79 Å². The van der Waals surface area contributed by atoms with Crippen LogP contribution in [0.25, 0.3) is 0 Å². The number of ether oxygens (including phenoxy) is 2. The van der Waals surface area contributed by atoms with Crippen LogP contribution in [0.1, 0.15) is 25.3 Å². The minimum absolute atomic E-state index is 0.0564. The van der Waals surface area contributed by atoms with Crippen LogP contribution in [0.3, 0.4) is 0 Å². The number of para-hydroxylation sites is 1. The van der Waals surface area contributed by atoms with Gasteiger partial charge in [0.2, 0.25) is 5.91 Å². The Kier molecular flexibility index (Phi) is 8.49. The van der Waals surface area contributed by atoms with Gasteiger partial charge in [-0.3, -0.25) is 4.79 Å². The first-order valence-electron chi connectivity index (χ1n) is 7.49. The Bertz CT molecular complexity index is 477. The molecule has 122 valence electrons. The maximum Gasteiger partial charge on any atom is 0.407 e. The molecule has 1 aromatic carbocycles. The third-order valence-corrected chi connectivity index (χ3v) is 2.89. The molecule has 0 aliphatic carbocycles. The van der Waals surface area contributed by atoms with Crippen LogP contribution in [0.5, 0.6) is 5.75 Å². The van der Waals surface area contributed by atoms with Gasteiger partial charge in [-0.25, -0.2) is 4.79 Å². The Morgan fingerprint density at radius 3 is 2.59 bits per heavy atom. The van der Waals surface area contributed by atoms with Crippen LogP contribution in [-0.2, 0) is 9.53 Å². The molecular formula is C16H24N2O4. The van der Waals surface area contributed by atoms with Crippen LogP contribution in [0.15, 0.2) is 24.3 Å². The number of benzene rings is 1. The summed E-state index contributed by atoms with van der Waals surface area (Å²) >= 11 is 0. The summed E-state index contributed by atoms with van der Waals surface area (Å²) in [5.41, 5.74) is 1.08. The SMILES string of the molecule is CCOC(=O)NCCNC(=O)CCCOc1ccccc1C. The third-order valence-electron chi connectivity index (χ3n) is 2.89. The van der Waals surface area contributed by atoms with Gasteiger partial charge in [-0.15, -0.1) is 0 Å². The molecule has 1 rings (SSSR count). The second-order valence-electron chi connectivity index (χ2n) is 4.71. The fourth-order valence-electron chi connectivity index (χ4n) is 1.77. The van der Waals surface area contributed by atoms with Gasteiger partial charge in [-0.1, -0.05) is 18.2 Å². The van der Waals surface area contributed by atoms with E-state index in [0.29, 0.717) is 39.1 Å². The number of aryl methyl sites for hydroxylation is 1. The molecule has 0 atom stereocenters. The summed E-state index contributed by atoms with van der Waals surface area (Å²) in [6.45, 7) is 5.29. The lowest BCUT2D eigenvalue weighted by molar-refractivity contribution is -0.121. The Labute approximate surface area is 131 Å². The smallest absolute Gasteiger partial charge is 0.407 e. The first-order valence-corrected chi connectivity index (χ1v) is 7.49. The van der Waals surface area contributed by atoms with Crippen molar-refractivity contribution in [2.24, 2.45) is 0 Å². The lowest BCUT2D eigenvalue weighted by Crippen LogP contribution is -2.35. The van der Waals surface area contributed by atoms with Crippen LogP contribution >= 0.6 is 0 Å². The number of carbonyl (C=O) groups is 2. The molecule has 22 heavy (non-hydrogen) atoms. The van der Waals surface area contributed by atoms with E-state index in [4.69, 9.17) is 9.47 Å². The lowest BCUT2D eigenvalue weighted by atomic mass is 10.2. The highest BCUT2D eigenvalue weighted by Crippen LogP contribution is 2.16. The molecule has 0 radical (unpaired) electrons. The Morgan fingerprint density at radius 1 is 1.14 bits per heavy atom. The summed E-state index contributed by atoms with van der Waals surface area (Å²) in [6.07, 6.45) is 0.569. The monoisotopic (exact) mass is 308 g/mol. The first kappa shape index (κ1) is 17.8. The average Bonchev–Trinajstić information content (AvgIpc) is 2.50. The van der Waals surface area contributed by atoms with Crippen molar-refractivity contribution in [3.05, 3.63) is 29.8 Å². The molecule has 6 heteroatoms. The van der Waals surface area contributed by atoms with Gasteiger partial charge < -0.3 is 20.1 Å². The van der Waals surface area contributed by atoms with E-state index in [1.807, 2.05) is 31.2 Å². The molecule has 0 saturated heterocycles. The van der Waals surface area contributed by atoms with Gasteiger partial charge >= 0.3 is 6.09 Å². The predicted octanol–water partition coefficient (Wildman–Crippen LogP) is 2.02. The molecule has 0 bridgehead atoms. The van der Waals surface area contributed by atoms with Gasteiger partial charge in [0, 0.05) is 19.5 Å². The molecule has 2 amide bonds. The highest BCUT2D eigenvalue weighted by molar-refractivity contribution is 5.75. The van der Waals surface area contributed by atoms with Gasteiger partial charge in [-0.2, -0.15) is 0 Å². The van der Waals surface area contributed by atoms with Crippen molar-refractivity contribution in [1.82, 2.24) is 10.6 Å². The summed E-state index contributed by atoms with van der Waals surface area (Å²) in [6, 6.07) is 7.78. The Hall–Kier alpha value is -2.24. The molecule has 0 spiro atoms. The Morgan fingerprint density at radius 2 is 1.86 bits per heavy atom. The molecule has 0 fully saturated rings. The number of hydrogen-bond donors (Lipinski definition) is 2. The number of amides is 2. The fourth-order valence-corrected chi connectivity index (χ4v) is 1.77. The van der Waals surface area contributed by atoms with Crippen molar-refractivity contribution in [3.63, 3.8) is 0 Å². The summed E-state index contributed by atoms with van der Waals surface area (Å²) < 4.78 is 10.3. The lowest BCUT2D eigenvalue weighted by Gasteiger charge is -2.09. The van der Waals surface area contributed by atoms with E-state index in [1.54, 1.807) is 6.92 Å². The van der Waals surface area contributed by atoms with Crippen molar-refractivity contribution in [3.8, 4) is 5.75 Å². The van der Waals surface area contributed by atoms with Crippen molar-refractivity contribution < 1.29 is 19.1 Å². The quantitative estimate of drug-likeness (QED) is 0.684. The van der Waals surface area contributed by atoms with Crippen LogP contribution in [-0.4, -0.2) is 38.3 Å². The van der Waals surface area contributed by atoms with E-state index in [2.05, 4.69) is 10.6 Å². The molecule has 0 aromatic heterocycles. The molecule has 0 unspecified atom stereocenters. The van der Waals surface area contributed by atoms with E-state index < -0.39 is 6.09 Å². The molecule has 0 heterocycles. The van der Waals surface area contributed by atoms with E-state index in [0.717, 1.165) is 11.3 Å². The summed E-state index contributed by atoms with van der Waals surface area (Å²) in [7, 11) is 0. The second-order valence-corrected chi connectivity index (χ2v) is 4.71. The molecule has 0 saturated carbocycles. The van der Waals surface area contributed by atoms with Gasteiger partial charge in [0.05, 0.1) is 13.2 Å². The number of hydrogen-bond acceptors (Lipinski definition) is 4. The molecule has 2 N–H and O–H groups in total. The molecule has 0 aliphatic rings. The van der Waals surface area contributed by atoms with Gasteiger partial charge in [0.15, 0.2) is 0 Å². The topological polar surface area (TPSA) is 76.7 Å². The first-order chi connectivity index (χ1) is 10.6. The van der Waals surface area contributed by atoms with Gasteiger partial charge in [0.25, 0.3) is 0 Å². The number of nitrogens with one attached hydrogen (secondary N) is 2. The van der Waals surface area contributed by atoms with Crippen molar-refractivity contribution in [2.45, 2.75) is 26.7 Å². The standard InChI is InChI=1S/C16H24N2O4/c1-3-21-16(20)18-11-10-17-15(19)9-6-12-22-14-8-5-4-7-13(14)2/h4-5,7-8H,3,6,9-12H2,1-2H3,(H,17,19)(H,18,20). The Balaban J connectivity index is 2.04. The minimum atomic E-state index is -0.469. The predicted molar refractivity (Wildman–Crippen MR) is 83.9 cm³/mol. The summed E-state index contributed by atoms with van der Waals surface area (Å²) in [4.78, 5) is 22.6. The second kappa shape index (κ2) is 10.5. The fraction of sp³-hybridized carbons (Fsp3) is 0.500. The zero-order valence-corrected chi connectivity index (χ0v) is 13.2. The van der Waals surface area contributed by atoms with Gasteiger partial charge in [0.1, 0.15) is 5.75 Å². The summed E-state index contributed by atoms with van der Waals surface area (Å²) in [5.74, 6) is 0.792. The molecule has 1 aromatic rings. The largest absolute Gasteiger partial charge is 0.493 e. The van der Waals surface area contributed by atoms with Gasteiger partial charge in [-0.05, 0) is 31.9 Å². The third kappa shape index (κ3) is 7.52. The highest BCUT2D eigenvalue weighted by atomic mass is 16.5. The minimum Gasteiger partial charge on any atom is -0.493 e. The van der Waals surface area contributed by atoms with Crippen LogP contribution in [0, 0.1) is 6.92 Å². The zero-order valence-electron chi connectivity index (χ0n) is 13.2. The van der Waals surface area contributed by atoms with E-state index in [1.165, 1.54) is 0 Å². The van der Waals surface area contributed by atoms with Crippen molar-refractivity contribution in [1.29, 1.82) is 0 Å². The van der Waals surface area contributed by atoms with Crippen molar-refractivity contribution >= 4 is 12.0 Å². The van der Waals surface area contributed by atoms with E-state index >= 15 is 0 Å². The highest BCUT2D eigenvalue weighted by Gasteiger charge is 2.03. The number of rotatable bonds is 9. The van der Waals surface area contributed by atoms with Crippen molar-refractivity contribution in [2.75, 3.05) is 26.3 Å². The number of alkyl carbamates (subject to hydrolysis) is 1. The summed E-state index contributed by atoms with van der Waals surface area (Å²) in [5, 5.41) is 5.26.